The van der Waals surface area contributed by atoms with Crippen LogP contribution in [0.1, 0.15) is 0 Å². The minimum atomic E-state index is -0.939. The van der Waals surface area contributed by atoms with E-state index in [4.69, 9.17) is 5.11 Å². The molecule has 0 aromatic rings. The molecule has 1 saturated heterocycles. The molecule has 0 aliphatic carbocycles. The highest BCUT2D eigenvalue weighted by Gasteiger charge is 2.36. The van der Waals surface area contributed by atoms with Gasteiger partial charge in [0.15, 0.2) is 0 Å². The van der Waals surface area contributed by atoms with Crippen LogP contribution in [-0.2, 0) is 9.59 Å². The van der Waals surface area contributed by atoms with E-state index in [2.05, 4.69) is 25.3 Å². The molecule has 0 radical (unpaired) electrons. The summed E-state index contributed by atoms with van der Waals surface area (Å²) in [5.41, 5.74) is 0. The fourth-order valence-electron chi connectivity index (χ4n) is 1.31. The Morgan fingerprint density at radius 2 is 2.07 bits per heavy atom. The summed E-state index contributed by atoms with van der Waals surface area (Å²) in [6.07, 6.45) is 0. The lowest BCUT2D eigenvalue weighted by Gasteiger charge is -2.24. The fraction of sp³-hybridized carbons (Fsp3) is 0.750. The number of aliphatic carboxylic acids is 1. The summed E-state index contributed by atoms with van der Waals surface area (Å²) in [6, 6.07) is -0.690. The molecule has 0 spiro atoms. The van der Waals surface area contributed by atoms with E-state index in [1.165, 1.54) is 16.7 Å². The standard InChI is InChI=1S/C8H13NO3S3/c10-7(5(1-13)2-14)9-4-15-3-6(9)8(11)12/h5-6,13-14H,1-4H2,(H,11,12). The van der Waals surface area contributed by atoms with Crippen LogP contribution >= 0.6 is 37.0 Å². The van der Waals surface area contributed by atoms with Crippen LogP contribution in [0.2, 0.25) is 0 Å². The van der Waals surface area contributed by atoms with Crippen molar-refractivity contribution in [2.24, 2.45) is 5.92 Å². The summed E-state index contributed by atoms with van der Waals surface area (Å²) in [4.78, 5) is 24.2. The number of carboxylic acid groups (broad SMARTS) is 1. The Hall–Kier alpha value is -0.0100. The van der Waals surface area contributed by atoms with E-state index in [1.54, 1.807) is 0 Å². The second-order valence-electron chi connectivity index (χ2n) is 3.22. The molecule has 0 aromatic heterocycles. The van der Waals surface area contributed by atoms with Gasteiger partial charge in [0, 0.05) is 17.3 Å². The molecular formula is C8H13NO3S3. The molecule has 7 heteroatoms. The van der Waals surface area contributed by atoms with Gasteiger partial charge in [-0.2, -0.15) is 25.3 Å². The lowest BCUT2D eigenvalue weighted by atomic mass is 10.1. The maximum Gasteiger partial charge on any atom is 0.327 e. The molecule has 15 heavy (non-hydrogen) atoms. The molecule has 1 unspecified atom stereocenters. The lowest BCUT2D eigenvalue weighted by molar-refractivity contribution is -0.148. The van der Waals surface area contributed by atoms with Crippen molar-refractivity contribution in [1.82, 2.24) is 4.90 Å². The van der Waals surface area contributed by atoms with Crippen molar-refractivity contribution in [2.45, 2.75) is 6.04 Å². The van der Waals surface area contributed by atoms with Crippen LogP contribution in [0.5, 0.6) is 0 Å². The molecule has 1 aliphatic rings. The van der Waals surface area contributed by atoms with Crippen molar-refractivity contribution < 1.29 is 14.7 Å². The topological polar surface area (TPSA) is 57.6 Å². The molecule has 1 atom stereocenters. The molecule has 1 amide bonds. The van der Waals surface area contributed by atoms with Crippen molar-refractivity contribution in [3.63, 3.8) is 0 Å². The monoisotopic (exact) mass is 267 g/mol. The third kappa shape index (κ3) is 2.98. The van der Waals surface area contributed by atoms with Gasteiger partial charge in [0.25, 0.3) is 0 Å². The van der Waals surface area contributed by atoms with Crippen molar-refractivity contribution in [2.75, 3.05) is 23.1 Å². The number of nitrogens with zero attached hydrogens (tertiary/aromatic N) is 1. The number of carbonyl (C=O) groups excluding carboxylic acids is 1. The summed E-state index contributed by atoms with van der Waals surface area (Å²) < 4.78 is 0. The van der Waals surface area contributed by atoms with Crippen LogP contribution in [0, 0.1) is 5.92 Å². The Balaban J connectivity index is 2.69. The number of carboxylic acids is 1. The summed E-state index contributed by atoms with van der Waals surface area (Å²) in [5, 5.41) is 8.91. The molecule has 0 bridgehead atoms. The molecule has 1 rings (SSSR count). The largest absolute Gasteiger partial charge is 0.480 e. The Morgan fingerprint density at radius 1 is 1.47 bits per heavy atom. The van der Waals surface area contributed by atoms with Gasteiger partial charge >= 0.3 is 5.97 Å². The van der Waals surface area contributed by atoms with Crippen LogP contribution in [0.15, 0.2) is 0 Å². The van der Waals surface area contributed by atoms with Crippen molar-refractivity contribution in [1.29, 1.82) is 0 Å². The van der Waals surface area contributed by atoms with Crippen LogP contribution in [0.3, 0.4) is 0 Å². The molecule has 1 fully saturated rings. The van der Waals surface area contributed by atoms with Gasteiger partial charge in [-0.05, 0) is 0 Å². The molecule has 1 heterocycles. The minimum absolute atomic E-state index is 0.155. The van der Waals surface area contributed by atoms with Crippen molar-refractivity contribution in [3.05, 3.63) is 0 Å². The maximum atomic E-state index is 11.9. The predicted octanol–water partition coefficient (Wildman–Crippen LogP) is 0.448. The molecule has 1 aliphatic heterocycles. The Labute approximate surface area is 104 Å². The summed E-state index contributed by atoms with van der Waals surface area (Å²) in [6.45, 7) is 0. The zero-order valence-electron chi connectivity index (χ0n) is 8.00. The van der Waals surface area contributed by atoms with Crippen LogP contribution in [0.4, 0.5) is 0 Å². The first-order chi connectivity index (χ1) is 7.11. The normalized spacial score (nSPS) is 21.0. The van der Waals surface area contributed by atoms with Crippen LogP contribution in [0.25, 0.3) is 0 Å². The lowest BCUT2D eigenvalue weighted by Crippen LogP contribution is -2.45. The Kier molecular flexibility index (Phi) is 5.14. The average Bonchev–Trinajstić information content (AvgIpc) is 2.67. The SMILES string of the molecule is O=C(O)C1CSCN1C(=O)C(CS)CS. The smallest absolute Gasteiger partial charge is 0.327 e. The molecule has 0 saturated carbocycles. The first-order valence-corrected chi connectivity index (χ1v) is 6.86. The van der Waals surface area contributed by atoms with Crippen molar-refractivity contribution >= 4 is 48.9 Å². The van der Waals surface area contributed by atoms with E-state index in [1.807, 2.05) is 0 Å². The van der Waals surface area contributed by atoms with E-state index in [-0.39, 0.29) is 11.8 Å². The molecule has 4 nitrogen and oxygen atoms in total. The minimum Gasteiger partial charge on any atom is -0.480 e. The van der Waals surface area contributed by atoms with Gasteiger partial charge in [-0.3, -0.25) is 4.79 Å². The van der Waals surface area contributed by atoms with Gasteiger partial charge in [-0.25, -0.2) is 4.79 Å². The first kappa shape index (κ1) is 13.1. The van der Waals surface area contributed by atoms with E-state index >= 15 is 0 Å². The van der Waals surface area contributed by atoms with Crippen LogP contribution < -0.4 is 0 Å². The second-order valence-corrected chi connectivity index (χ2v) is 4.95. The highest BCUT2D eigenvalue weighted by molar-refractivity contribution is 7.99. The van der Waals surface area contributed by atoms with Gasteiger partial charge in [0.2, 0.25) is 5.91 Å². The Bertz CT molecular complexity index is 258. The highest BCUT2D eigenvalue weighted by atomic mass is 32.2. The van der Waals surface area contributed by atoms with E-state index in [9.17, 15) is 9.59 Å². The summed E-state index contributed by atoms with van der Waals surface area (Å²) in [5.74, 6) is 0.326. The van der Waals surface area contributed by atoms with E-state index < -0.39 is 12.0 Å². The number of carbonyl (C=O) groups is 2. The first-order valence-electron chi connectivity index (χ1n) is 4.44. The number of hydrogen-bond acceptors (Lipinski definition) is 5. The fourth-order valence-corrected chi connectivity index (χ4v) is 3.24. The van der Waals surface area contributed by atoms with Gasteiger partial charge in [0.05, 0.1) is 11.8 Å². The maximum absolute atomic E-state index is 11.9. The van der Waals surface area contributed by atoms with Gasteiger partial charge < -0.3 is 10.0 Å². The van der Waals surface area contributed by atoms with Gasteiger partial charge in [0.1, 0.15) is 6.04 Å². The van der Waals surface area contributed by atoms with Crippen LogP contribution in [-0.4, -0.2) is 51.1 Å². The number of thioether (sulfide) groups is 1. The quantitative estimate of drug-likeness (QED) is 0.647. The summed E-state index contributed by atoms with van der Waals surface area (Å²) >= 11 is 9.58. The zero-order chi connectivity index (χ0) is 11.4. The van der Waals surface area contributed by atoms with E-state index in [0.29, 0.717) is 23.1 Å². The predicted molar refractivity (Wildman–Crippen MR) is 66.8 cm³/mol. The average molecular weight is 267 g/mol. The van der Waals surface area contributed by atoms with E-state index in [0.717, 1.165) is 0 Å². The third-order valence-electron chi connectivity index (χ3n) is 2.24. The molecule has 1 N–H and O–H groups in total. The van der Waals surface area contributed by atoms with Gasteiger partial charge in [-0.15, -0.1) is 11.8 Å². The number of rotatable bonds is 4. The van der Waals surface area contributed by atoms with Crippen molar-refractivity contribution in [3.8, 4) is 0 Å². The molecule has 86 valence electrons. The number of amides is 1. The summed E-state index contributed by atoms with van der Waals surface area (Å²) in [7, 11) is 0. The molecule has 0 aromatic carbocycles. The van der Waals surface area contributed by atoms with Gasteiger partial charge in [-0.1, -0.05) is 0 Å². The second kappa shape index (κ2) is 5.91. The Morgan fingerprint density at radius 3 is 2.53 bits per heavy atom. The number of thiol groups is 2. The zero-order valence-corrected chi connectivity index (χ0v) is 10.6. The highest BCUT2D eigenvalue weighted by Crippen LogP contribution is 2.23. The third-order valence-corrected chi connectivity index (χ3v) is 4.13. The number of hydrogen-bond donors (Lipinski definition) is 3. The molecular weight excluding hydrogens is 254 g/mol.